The largest absolute Gasteiger partial charge is 0.411 e. The Morgan fingerprint density at radius 1 is 1.38 bits per heavy atom. The van der Waals surface area contributed by atoms with E-state index in [0.29, 0.717) is 5.56 Å². The van der Waals surface area contributed by atoms with Gasteiger partial charge in [-0.1, -0.05) is 6.07 Å². The summed E-state index contributed by atoms with van der Waals surface area (Å²) in [4.78, 5) is 23.8. The van der Waals surface area contributed by atoms with E-state index >= 15 is 0 Å². The molecule has 132 valence electrons. The Morgan fingerprint density at radius 2 is 2.12 bits per heavy atom. The van der Waals surface area contributed by atoms with E-state index in [-0.39, 0.29) is 31.7 Å². The van der Waals surface area contributed by atoms with Crippen LogP contribution in [0.15, 0.2) is 18.2 Å². The lowest BCUT2D eigenvalue weighted by atomic mass is 9.89. The van der Waals surface area contributed by atoms with Crippen LogP contribution < -0.4 is 10.6 Å². The minimum absolute atomic E-state index is 0.0744. The highest BCUT2D eigenvalue weighted by Gasteiger charge is 2.31. The summed E-state index contributed by atoms with van der Waals surface area (Å²) in [7, 11) is 0. The Hall–Kier alpha value is -2.16. The molecule has 0 aliphatic carbocycles. The molecule has 1 aromatic carbocycles. The van der Waals surface area contributed by atoms with Crippen LogP contribution in [0.5, 0.6) is 0 Å². The molecule has 0 saturated heterocycles. The lowest BCUT2D eigenvalue weighted by molar-refractivity contribution is -0.174. The van der Waals surface area contributed by atoms with Gasteiger partial charge in [0.1, 0.15) is 12.4 Å². The van der Waals surface area contributed by atoms with Crippen LogP contribution in [0.4, 0.5) is 23.2 Å². The molecular formula is C15H16F4N2O3. The molecule has 0 unspecified atom stereocenters. The fourth-order valence-corrected chi connectivity index (χ4v) is 2.37. The van der Waals surface area contributed by atoms with Crippen LogP contribution in [0.25, 0.3) is 0 Å². The van der Waals surface area contributed by atoms with Crippen molar-refractivity contribution < 1.29 is 31.9 Å². The summed E-state index contributed by atoms with van der Waals surface area (Å²) in [6, 6.07) is 3.76. The van der Waals surface area contributed by atoms with Gasteiger partial charge in [0.15, 0.2) is 0 Å². The molecule has 0 spiro atoms. The first kappa shape index (κ1) is 18.2. The molecule has 1 aromatic rings. The van der Waals surface area contributed by atoms with Crippen molar-refractivity contribution in [2.45, 2.75) is 24.9 Å². The Kier molecular flexibility index (Phi) is 5.76. The van der Waals surface area contributed by atoms with Crippen LogP contribution >= 0.6 is 0 Å². The van der Waals surface area contributed by atoms with Crippen molar-refractivity contribution in [2.24, 2.45) is 0 Å². The van der Waals surface area contributed by atoms with E-state index in [1.807, 2.05) is 0 Å². The fourth-order valence-electron chi connectivity index (χ4n) is 2.37. The Morgan fingerprint density at radius 3 is 2.83 bits per heavy atom. The summed E-state index contributed by atoms with van der Waals surface area (Å²) < 4.78 is 53.3. The van der Waals surface area contributed by atoms with E-state index < -0.39 is 36.3 Å². The van der Waals surface area contributed by atoms with Gasteiger partial charge in [-0.15, -0.1) is 0 Å². The average Bonchev–Trinajstić information content (AvgIpc) is 2.48. The molecule has 0 saturated carbocycles. The zero-order chi connectivity index (χ0) is 17.7. The standard InChI is InChI=1S/C15H16F4N2O3/c16-9-2-3-10-11(7-13(22)21-12(10)6-9)14(23)20-4-1-5-24-8-15(17,18)19/h2-3,6,11H,1,4-5,7-8H2,(H,20,23)(H,21,22)/t11-/m0/s1. The van der Waals surface area contributed by atoms with Crippen molar-refractivity contribution in [3.8, 4) is 0 Å². The molecule has 2 amide bonds. The monoisotopic (exact) mass is 348 g/mol. The molecule has 24 heavy (non-hydrogen) atoms. The molecule has 1 aliphatic rings. The van der Waals surface area contributed by atoms with Crippen molar-refractivity contribution in [1.29, 1.82) is 0 Å². The van der Waals surface area contributed by atoms with Crippen LogP contribution in [0.1, 0.15) is 24.3 Å². The number of halogens is 4. The smallest absolute Gasteiger partial charge is 0.372 e. The lowest BCUT2D eigenvalue weighted by Crippen LogP contribution is -2.35. The second kappa shape index (κ2) is 7.61. The number of hydrogen-bond donors (Lipinski definition) is 2. The van der Waals surface area contributed by atoms with Crippen LogP contribution in [0.3, 0.4) is 0 Å². The van der Waals surface area contributed by atoms with Crippen molar-refractivity contribution in [2.75, 3.05) is 25.1 Å². The third-order valence-corrected chi connectivity index (χ3v) is 3.40. The molecule has 2 N–H and O–H groups in total. The van der Waals surface area contributed by atoms with Crippen LogP contribution in [-0.4, -0.2) is 37.7 Å². The fraction of sp³-hybridized carbons (Fsp3) is 0.467. The predicted octanol–water partition coefficient (Wildman–Crippen LogP) is 2.34. The molecule has 5 nitrogen and oxygen atoms in total. The lowest BCUT2D eigenvalue weighted by Gasteiger charge is -2.24. The second-order valence-corrected chi connectivity index (χ2v) is 5.35. The van der Waals surface area contributed by atoms with E-state index in [1.54, 1.807) is 0 Å². The van der Waals surface area contributed by atoms with Crippen LogP contribution in [0.2, 0.25) is 0 Å². The molecule has 9 heteroatoms. The minimum atomic E-state index is -4.38. The van der Waals surface area contributed by atoms with Gasteiger partial charge in [-0.05, 0) is 24.1 Å². The number of amides is 2. The maximum absolute atomic E-state index is 13.2. The first-order valence-corrected chi connectivity index (χ1v) is 7.28. The summed E-state index contributed by atoms with van der Waals surface area (Å²) in [5.74, 6) is -2.13. The third-order valence-electron chi connectivity index (χ3n) is 3.40. The van der Waals surface area contributed by atoms with Gasteiger partial charge in [-0.3, -0.25) is 9.59 Å². The molecule has 1 heterocycles. The number of fused-ring (bicyclic) bond motifs is 1. The summed E-state index contributed by atoms with van der Waals surface area (Å²) >= 11 is 0. The summed E-state index contributed by atoms with van der Waals surface area (Å²) in [5, 5.41) is 5.05. The number of ether oxygens (including phenoxy) is 1. The number of anilines is 1. The SMILES string of the molecule is O=C1C[C@H](C(=O)NCCCOCC(F)(F)F)c2ccc(F)cc2N1. The Labute approximate surface area is 135 Å². The van der Waals surface area contributed by atoms with Gasteiger partial charge in [0.05, 0.1) is 5.92 Å². The van der Waals surface area contributed by atoms with E-state index in [1.165, 1.54) is 12.1 Å². The highest BCUT2D eigenvalue weighted by Crippen LogP contribution is 2.32. The molecule has 0 radical (unpaired) electrons. The number of carbonyl (C=O) groups is 2. The molecule has 1 aliphatic heterocycles. The number of rotatable bonds is 6. The van der Waals surface area contributed by atoms with Crippen LogP contribution in [0, 0.1) is 5.82 Å². The molecular weight excluding hydrogens is 332 g/mol. The predicted molar refractivity (Wildman–Crippen MR) is 76.9 cm³/mol. The number of nitrogens with one attached hydrogen (secondary N) is 2. The number of benzene rings is 1. The zero-order valence-corrected chi connectivity index (χ0v) is 12.6. The van der Waals surface area contributed by atoms with E-state index in [2.05, 4.69) is 15.4 Å². The maximum atomic E-state index is 13.2. The minimum Gasteiger partial charge on any atom is -0.372 e. The Bertz CT molecular complexity index is 619. The third kappa shape index (κ3) is 5.19. The molecule has 1 atom stereocenters. The first-order valence-electron chi connectivity index (χ1n) is 7.28. The van der Waals surface area contributed by atoms with Gasteiger partial charge in [-0.2, -0.15) is 13.2 Å². The van der Waals surface area contributed by atoms with Gasteiger partial charge >= 0.3 is 6.18 Å². The van der Waals surface area contributed by atoms with Gasteiger partial charge in [0, 0.05) is 25.3 Å². The van der Waals surface area contributed by atoms with Gasteiger partial charge in [0.2, 0.25) is 11.8 Å². The summed E-state index contributed by atoms with van der Waals surface area (Å²) in [6.45, 7) is -1.36. The second-order valence-electron chi connectivity index (χ2n) is 5.35. The molecule has 0 fully saturated rings. The zero-order valence-electron chi connectivity index (χ0n) is 12.6. The van der Waals surface area contributed by atoms with Crippen molar-refractivity contribution in [3.63, 3.8) is 0 Å². The Balaban J connectivity index is 1.84. The van der Waals surface area contributed by atoms with Crippen molar-refractivity contribution in [1.82, 2.24) is 5.32 Å². The van der Waals surface area contributed by atoms with Gasteiger partial charge in [0.25, 0.3) is 0 Å². The molecule has 0 aromatic heterocycles. The topological polar surface area (TPSA) is 67.4 Å². The molecule has 2 rings (SSSR count). The van der Waals surface area contributed by atoms with Crippen LogP contribution in [-0.2, 0) is 14.3 Å². The first-order chi connectivity index (χ1) is 11.3. The van der Waals surface area contributed by atoms with Gasteiger partial charge in [-0.25, -0.2) is 4.39 Å². The highest BCUT2D eigenvalue weighted by atomic mass is 19.4. The normalized spacial score (nSPS) is 17.2. The van der Waals surface area contributed by atoms with E-state index in [0.717, 1.165) is 6.07 Å². The summed E-state index contributed by atoms with van der Waals surface area (Å²) in [6.07, 6.45) is -4.25. The number of hydrogen-bond acceptors (Lipinski definition) is 3. The maximum Gasteiger partial charge on any atom is 0.411 e. The number of carbonyl (C=O) groups excluding carboxylic acids is 2. The van der Waals surface area contributed by atoms with Crippen molar-refractivity contribution >= 4 is 17.5 Å². The number of alkyl halides is 3. The van der Waals surface area contributed by atoms with Gasteiger partial charge < -0.3 is 15.4 Å². The highest BCUT2D eigenvalue weighted by molar-refractivity contribution is 6.01. The van der Waals surface area contributed by atoms with E-state index in [9.17, 15) is 27.2 Å². The average molecular weight is 348 g/mol. The van der Waals surface area contributed by atoms with Crippen molar-refractivity contribution in [3.05, 3.63) is 29.6 Å². The molecule has 0 bridgehead atoms. The quantitative estimate of drug-likeness (QED) is 0.613. The van der Waals surface area contributed by atoms with E-state index in [4.69, 9.17) is 0 Å². The summed E-state index contributed by atoms with van der Waals surface area (Å²) in [5.41, 5.74) is 0.752.